The van der Waals surface area contributed by atoms with E-state index in [-0.39, 0.29) is 21.8 Å². The molecule has 0 bridgehead atoms. The second-order valence-electron chi connectivity index (χ2n) is 12.6. The Morgan fingerprint density at radius 1 is 0.733 bits per heavy atom. The Labute approximate surface area is 183 Å². The van der Waals surface area contributed by atoms with Crippen LogP contribution in [0.4, 0.5) is 17.1 Å². The molecule has 0 unspecified atom stereocenters. The van der Waals surface area contributed by atoms with E-state index in [2.05, 4.69) is 102 Å². The summed E-state index contributed by atoms with van der Waals surface area (Å²) in [6, 6.07) is 12.1. The fourth-order valence-electron chi connectivity index (χ4n) is 6.07. The van der Waals surface area contributed by atoms with Crippen molar-refractivity contribution in [2.24, 2.45) is 0 Å². The van der Waals surface area contributed by atoms with Crippen LogP contribution < -0.4 is 9.80 Å². The third-order valence-electron chi connectivity index (χ3n) is 8.27. The number of hydrogen-bond donors (Lipinski definition) is 0. The molecule has 5 rings (SSSR count). The summed E-state index contributed by atoms with van der Waals surface area (Å²) in [7, 11) is 0. The summed E-state index contributed by atoms with van der Waals surface area (Å²) >= 11 is 0. The Morgan fingerprint density at radius 2 is 1.33 bits per heavy atom. The Hall–Kier alpha value is -1.96. The average Bonchev–Trinajstić information content (AvgIpc) is 3.04. The van der Waals surface area contributed by atoms with Crippen LogP contribution in [0.25, 0.3) is 0 Å². The van der Waals surface area contributed by atoms with Gasteiger partial charge in [-0.1, -0.05) is 59.7 Å². The van der Waals surface area contributed by atoms with E-state index in [1.807, 2.05) is 0 Å². The monoisotopic (exact) mass is 402 g/mol. The molecule has 0 amide bonds. The summed E-state index contributed by atoms with van der Waals surface area (Å²) < 4.78 is 0. The van der Waals surface area contributed by atoms with Crippen molar-refractivity contribution in [2.45, 2.75) is 96.9 Å². The molecule has 0 aromatic heterocycles. The average molecular weight is 403 g/mol. The van der Waals surface area contributed by atoms with Crippen LogP contribution in [0.15, 0.2) is 30.3 Å². The summed E-state index contributed by atoms with van der Waals surface area (Å²) in [6.45, 7) is 22.5. The van der Waals surface area contributed by atoms with Gasteiger partial charge in [-0.2, -0.15) is 0 Å². The zero-order valence-corrected chi connectivity index (χ0v) is 20.4. The molecule has 0 saturated heterocycles. The Bertz CT molecular complexity index is 1050. The highest BCUT2D eigenvalue weighted by atomic mass is 15.4. The maximum atomic E-state index is 2.61. The molecule has 3 aliphatic rings. The summed E-state index contributed by atoms with van der Waals surface area (Å²) in [6.07, 6.45) is 2.51. The van der Waals surface area contributed by atoms with Gasteiger partial charge in [0, 0.05) is 16.6 Å². The van der Waals surface area contributed by atoms with Crippen LogP contribution in [0, 0.1) is 0 Å². The first-order valence-corrected chi connectivity index (χ1v) is 11.6. The summed E-state index contributed by atoms with van der Waals surface area (Å²) in [4.78, 5) is 5.18. The highest BCUT2D eigenvalue weighted by Gasteiger charge is 2.46. The summed E-state index contributed by atoms with van der Waals surface area (Å²) in [5.74, 6) is 0. The molecule has 2 nitrogen and oxygen atoms in total. The van der Waals surface area contributed by atoms with Crippen LogP contribution in [0.2, 0.25) is 0 Å². The number of benzene rings is 2. The van der Waals surface area contributed by atoms with E-state index in [9.17, 15) is 0 Å². The molecule has 0 spiro atoms. The van der Waals surface area contributed by atoms with Crippen LogP contribution in [0.3, 0.4) is 0 Å². The first kappa shape index (κ1) is 20.0. The largest absolute Gasteiger partial charge is 0.347 e. The van der Waals surface area contributed by atoms with Gasteiger partial charge in [0.1, 0.15) is 0 Å². The van der Waals surface area contributed by atoms with Gasteiger partial charge in [0.05, 0.1) is 18.0 Å². The van der Waals surface area contributed by atoms with E-state index < -0.39 is 0 Å². The van der Waals surface area contributed by atoms with E-state index in [1.54, 1.807) is 11.1 Å². The minimum absolute atomic E-state index is 0.00221. The van der Waals surface area contributed by atoms with Crippen molar-refractivity contribution < 1.29 is 0 Å². The van der Waals surface area contributed by atoms with E-state index in [0.717, 1.165) is 6.67 Å². The molecule has 2 aromatic carbocycles. The number of rotatable bonds is 0. The number of para-hydroxylation sites is 1. The zero-order chi connectivity index (χ0) is 21.9. The lowest BCUT2D eigenvalue weighted by molar-refractivity contribution is 0.331. The third-order valence-corrected chi connectivity index (χ3v) is 8.27. The SMILES string of the molecule is CC1(C)CCC(C)(C)c2cc3c(cc21)N1CN(C(C)(C)C)c2cccc(c21)C3(C)C. The topological polar surface area (TPSA) is 6.48 Å². The fourth-order valence-corrected chi connectivity index (χ4v) is 6.07. The van der Waals surface area contributed by atoms with Crippen molar-refractivity contribution in [2.75, 3.05) is 16.5 Å². The molecule has 2 aliphatic heterocycles. The molecule has 0 saturated carbocycles. The van der Waals surface area contributed by atoms with Gasteiger partial charge in [-0.25, -0.2) is 0 Å². The van der Waals surface area contributed by atoms with E-state index in [0.29, 0.717) is 0 Å². The molecule has 2 aromatic rings. The maximum absolute atomic E-state index is 2.61. The third kappa shape index (κ3) is 2.49. The second kappa shape index (κ2) is 5.64. The minimum atomic E-state index is -0.00221. The molecule has 0 N–H and O–H groups in total. The molecular formula is C28H38N2. The summed E-state index contributed by atoms with van der Waals surface area (Å²) in [5.41, 5.74) is 10.9. The van der Waals surface area contributed by atoms with Gasteiger partial charge >= 0.3 is 0 Å². The second-order valence-corrected chi connectivity index (χ2v) is 12.6. The Balaban J connectivity index is 1.81. The lowest BCUT2D eigenvalue weighted by Gasteiger charge is -2.46. The highest BCUT2D eigenvalue weighted by Crippen LogP contribution is 2.58. The van der Waals surface area contributed by atoms with Gasteiger partial charge in [0.15, 0.2) is 0 Å². The molecule has 0 atom stereocenters. The standard InChI is InChI=1S/C28H38N2/c1-25(2,3)30-17-29-23-16-20-19(26(4,5)13-14-27(20,6)7)15-21(23)28(8,9)18-11-10-12-22(30)24(18)29/h10-12,15-16H,13-14,17H2,1-9H3. The number of fused-ring (bicyclic) bond motifs is 3. The minimum Gasteiger partial charge on any atom is -0.347 e. The number of hydrogen-bond acceptors (Lipinski definition) is 2. The molecule has 2 heterocycles. The predicted molar refractivity (Wildman–Crippen MR) is 130 cm³/mol. The maximum Gasteiger partial charge on any atom is 0.0958 e. The molecule has 30 heavy (non-hydrogen) atoms. The first-order valence-electron chi connectivity index (χ1n) is 11.6. The van der Waals surface area contributed by atoms with Gasteiger partial charge in [0.25, 0.3) is 0 Å². The van der Waals surface area contributed by atoms with Gasteiger partial charge < -0.3 is 9.80 Å². The van der Waals surface area contributed by atoms with Crippen molar-refractivity contribution in [3.63, 3.8) is 0 Å². The molecule has 160 valence electrons. The molecule has 0 fully saturated rings. The van der Waals surface area contributed by atoms with E-state index >= 15 is 0 Å². The van der Waals surface area contributed by atoms with Crippen molar-refractivity contribution in [3.8, 4) is 0 Å². The van der Waals surface area contributed by atoms with Crippen LogP contribution in [-0.4, -0.2) is 12.2 Å². The summed E-state index contributed by atoms with van der Waals surface area (Å²) in [5, 5.41) is 0. The lowest BCUT2D eigenvalue weighted by atomic mass is 9.61. The molecular weight excluding hydrogens is 364 g/mol. The van der Waals surface area contributed by atoms with Crippen LogP contribution in [-0.2, 0) is 16.2 Å². The van der Waals surface area contributed by atoms with Crippen LogP contribution >= 0.6 is 0 Å². The smallest absolute Gasteiger partial charge is 0.0958 e. The first-order chi connectivity index (χ1) is 13.7. The number of nitrogens with zero attached hydrogens (tertiary/aromatic N) is 2. The van der Waals surface area contributed by atoms with Gasteiger partial charge in [-0.15, -0.1) is 0 Å². The predicted octanol–water partition coefficient (Wildman–Crippen LogP) is 7.39. The van der Waals surface area contributed by atoms with Crippen LogP contribution in [0.1, 0.15) is 97.4 Å². The number of anilines is 3. The Kier molecular flexibility index (Phi) is 3.75. The van der Waals surface area contributed by atoms with E-state index in [1.165, 1.54) is 41.0 Å². The van der Waals surface area contributed by atoms with Gasteiger partial charge in [-0.3, -0.25) is 0 Å². The Morgan fingerprint density at radius 3 is 1.93 bits per heavy atom. The molecule has 1 aliphatic carbocycles. The van der Waals surface area contributed by atoms with Crippen LogP contribution in [0.5, 0.6) is 0 Å². The lowest BCUT2D eigenvalue weighted by Crippen LogP contribution is -2.43. The van der Waals surface area contributed by atoms with E-state index in [4.69, 9.17) is 0 Å². The van der Waals surface area contributed by atoms with Crippen molar-refractivity contribution in [1.29, 1.82) is 0 Å². The fraction of sp³-hybridized carbons (Fsp3) is 0.571. The normalized spacial score (nSPS) is 22.4. The quantitative estimate of drug-likeness (QED) is 0.453. The van der Waals surface area contributed by atoms with Gasteiger partial charge in [0.2, 0.25) is 0 Å². The van der Waals surface area contributed by atoms with Crippen molar-refractivity contribution in [1.82, 2.24) is 0 Å². The zero-order valence-electron chi connectivity index (χ0n) is 20.4. The van der Waals surface area contributed by atoms with Gasteiger partial charge in [-0.05, 0) is 78.8 Å². The van der Waals surface area contributed by atoms with Crippen molar-refractivity contribution in [3.05, 3.63) is 52.6 Å². The van der Waals surface area contributed by atoms with Crippen molar-refractivity contribution >= 4 is 17.1 Å². The highest BCUT2D eigenvalue weighted by molar-refractivity contribution is 5.91. The molecule has 2 heteroatoms. The molecule has 0 radical (unpaired) electrons.